The third kappa shape index (κ3) is 2.61. The minimum Gasteiger partial charge on any atom is -0.393 e. The topological polar surface area (TPSA) is 43.7 Å². The first kappa shape index (κ1) is 12.4. The van der Waals surface area contributed by atoms with E-state index in [0.29, 0.717) is 5.92 Å². The third-order valence-corrected chi connectivity index (χ3v) is 3.63. The van der Waals surface area contributed by atoms with Crippen LogP contribution in [-0.2, 0) is 0 Å². The van der Waals surface area contributed by atoms with E-state index in [1.165, 1.54) is 0 Å². The Labute approximate surface area is 103 Å². The molecule has 1 heterocycles. The summed E-state index contributed by atoms with van der Waals surface area (Å²) < 4.78 is 0. The standard InChI is InChI=1S/C14H21NO2/c1-10(16)12-7-8-15(9-12)14-6-4-3-5-13(14)11(2)17/h3-6,10-12,16-17H,7-9H2,1-2H3/t10?,11-,12?/m1/s1. The Hall–Kier alpha value is -1.06. The van der Waals surface area contributed by atoms with Gasteiger partial charge in [-0.3, -0.25) is 0 Å². The summed E-state index contributed by atoms with van der Waals surface area (Å²) in [6, 6.07) is 7.97. The van der Waals surface area contributed by atoms with Crippen molar-refractivity contribution in [1.82, 2.24) is 0 Å². The highest BCUT2D eigenvalue weighted by Crippen LogP contribution is 2.31. The van der Waals surface area contributed by atoms with E-state index >= 15 is 0 Å². The predicted molar refractivity (Wildman–Crippen MR) is 69.1 cm³/mol. The number of hydrogen-bond donors (Lipinski definition) is 2. The number of aliphatic hydroxyl groups is 2. The van der Waals surface area contributed by atoms with Crippen molar-refractivity contribution >= 4 is 5.69 Å². The first-order chi connectivity index (χ1) is 8.09. The van der Waals surface area contributed by atoms with Crippen molar-refractivity contribution in [1.29, 1.82) is 0 Å². The van der Waals surface area contributed by atoms with E-state index in [1.807, 2.05) is 31.2 Å². The van der Waals surface area contributed by atoms with Gasteiger partial charge in [-0.25, -0.2) is 0 Å². The lowest BCUT2D eigenvalue weighted by molar-refractivity contribution is 0.136. The van der Waals surface area contributed by atoms with Gasteiger partial charge in [0.1, 0.15) is 0 Å². The highest BCUT2D eigenvalue weighted by atomic mass is 16.3. The molecule has 0 radical (unpaired) electrons. The molecule has 0 saturated carbocycles. The molecule has 17 heavy (non-hydrogen) atoms. The van der Waals surface area contributed by atoms with E-state index in [-0.39, 0.29) is 6.10 Å². The van der Waals surface area contributed by atoms with Crippen molar-refractivity contribution in [2.45, 2.75) is 32.5 Å². The summed E-state index contributed by atoms with van der Waals surface area (Å²) in [5.74, 6) is 0.344. The predicted octanol–water partition coefficient (Wildman–Crippen LogP) is 1.95. The van der Waals surface area contributed by atoms with Crippen molar-refractivity contribution in [2.75, 3.05) is 18.0 Å². The maximum Gasteiger partial charge on any atom is 0.0781 e. The number of para-hydroxylation sites is 1. The number of nitrogens with zero attached hydrogens (tertiary/aromatic N) is 1. The second kappa shape index (κ2) is 5.07. The van der Waals surface area contributed by atoms with Crippen LogP contribution >= 0.6 is 0 Å². The van der Waals surface area contributed by atoms with Crippen LogP contribution in [0.3, 0.4) is 0 Å². The van der Waals surface area contributed by atoms with Gasteiger partial charge in [0.25, 0.3) is 0 Å². The summed E-state index contributed by atoms with van der Waals surface area (Å²) in [7, 11) is 0. The van der Waals surface area contributed by atoms with Crippen LogP contribution in [0.15, 0.2) is 24.3 Å². The van der Waals surface area contributed by atoms with Crippen molar-refractivity contribution in [3.8, 4) is 0 Å². The smallest absolute Gasteiger partial charge is 0.0781 e. The summed E-state index contributed by atoms with van der Waals surface area (Å²) in [6.45, 7) is 5.48. The molecule has 0 aromatic heterocycles. The van der Waals surface area contributed by atoms with Crippen molar-refractivity contribution in [2.24, 2.45) is 5.92 Å². The minimum absolute atomic E-state index is 0.251. The molecule has 2 rings (SSSR count). The van der Waals surface area contributed by atoms with E-state index in [9.17, 15) is 10.2 Å². The number of aliphatic hydroxyl groups excluding tert-OH is 2. The van der Waals surface area contributed by atoms with Gasteiger partial charge in [-0.2, -0.15) is 0 Å². The molecule has 3 nitrogen and oxygen atoms in total. The largest absolute Gasteiger partial charge is 0.393 e. The maximum absolute atomic E-state index is 9.76. The summed E-state index contributed by atoms with van der Waals surface area (Å²) >= 11 is 0. The average molecular weight is 235 g/mol. The molecule has 0 aliphatic carbocycles. The lowest BCUT2D eigenvalue weighted by Crippen LogP contribution is -2.24. The van der Waals surface area contributed by atoms with Crippen LogP contribution in [-0.4, -0.2) is 29.4 Å². The molecule has 94 valence electrons. The van der Waals surface area contributed by atoms with Crippen LogP contribution < -0.4 is 4.90 Å². The van der Waals surface area contributed by atoms with Gasteiger partial charge in [0, 0.05) is 30.3 Å². The quantitative estimate of drug-likeness (QED) is 0.841. The maximum atomic E-state index is 9.76. The van der Waals surface area contributed by atoms with Gasteiger partial charge in [0.05, 0.1) is 12.2 Å². The van der Waals surface area contributed by atoms with Crippen molar-refractivity contribution in [3.63, 3.8) is 0 Å². The van der Waals surface area contributed by atoms with Crippen LogP contribution in [0.2, 0.25) is 0 Å². The Balaban J connectivity index is 2.18. The number of anilines is 1. The van der Waals surface area contributed by atoms with Crippen molar-refractivity contribution in [3.05, 3.63) is 29.8 Å². The molecule has 1 saturated heterocycles. The van der Waals surface area contributed by atoms with Crippen LogP contribution in [0, 0.1) is 5.92 Å². The van der Waals surface area contributed by atoms with E-state index in [0.717, 1.165) is 30.8 Å². The molecule has 3 heteroatoms. The monoisotopic (exact) mass is 235 g/mol. The highest BCUT2D eigenvalue weighted by Gasteiger charge is 2.27. The molecule has 1 aliphatic heterocycles. The fraction of sp³-hybridized carbons (Fsp3) is 0.571. The third-order valence-electron chi connectivity index (χ3n) is 3.63. The Morgan fingerprint density at radius 3 is 2.53 bits per heavy atom. The molecule has 0 spiro atoms. The Kier molecular flexibility index (Phi) is 3.69. The lowest BCUT2D eigenvalue weighted by atomic mass is 10.0. The van der Waals surface area contributed by atoms with E-state index in [1.54, 1.807) is 6.92 Å². The van der Waals surface area contributed by atoms with Gasteiger partial charge in [0.2, 0.25) is 0 Å². The van der Waals surface area contributed by atoms with E-state index < -0.39 is 6.10 Å². The van der Waals surface area contributed by atoms with Crippen LogP contribution in [0.1, 0.15) is 31.9 Å². The Morgan fingerprint density at radius 1 is 1.24 bits per heavy atom. The summed E-state index contributed by atoms with van der Waals surface area (Å²) in [4.78, 5) is 2.26. The number of rotatable bonds is 3. The molecule has 1 aromatic carbocycles. The van der Waals surface area contributed by atoms with Gasteiger partial charge in [-0.05, 0) is 26.3 Å². The fourth-order valence-corrected chi connectivity index (χ4v) is 2.53. The first-order valence-electron chi connectivity index (χ1n) is 6.29. The SMILES string of the molecule is CC(O)C1CCN(c2ccccc2[C@@H](C)O)C1. The normalized spacial score (nSPS) is 23.8. The van der Waals surface area contributed by atoms with Crippen LogP contribution in [0.4, 0.5) is 5.69 Å². The lowest BCUT2D eigenvalue weighted by Gasteiger charge is -2.23. The van der Waals surface area contributed by atoms with Crippen molar-refractivity contribution < 1.29 is 10.2 Å². The molecule has 1 aromatic rings. The van der Waals surface area contributed by atoms with Gasteiger partial charge in [-0.1, -0.05) is 18.2 Å². The number of hydrogen-bond acceptors (Lipinski definition) is 3. The average Bonchev–Trinajstić information content (AvgIpc) is 2.78. The Morgan fingerprint density at radius 2 is 1.94 bits per heavy atom. The summed E-state index contributed by atoms with van der Waals surface area (Å²) in [5, 5.41) is 19.4. The van der Waals surface area contributed by atoms with Gasteiger partial charge in [0.15, 0.2) is 0 Å². The molecular formula is C14H21NO2. The molecule has 1 aliphatic rings. The zero-order chi connectivity index (χ0) is 12.4. The number of benzene rings is 1. The molecule has 0 bridgehead atoms. The van der Waals surface area contributed by atoms with E-state index in [2.05, 4.69) is 4.90 Å². The molecular weight excluding hydrogens is 214 g/mol. The van der Waals surface area contributed by atoms with Gasteiger partial charge >= 0.3 is 0 Å². The second-order valence-electron chi connectivity index (χ2n) is 4.97. The molecule has 2 unspecified atom stereocenters. The summed E-state index contributed by atoms with van der Waals surface area (Å²) in [6.07, 6.45) is 0.321. The molecule has 0 amide bonds. The van der Waals surface area contributed by atoms with E-state index in [4.69, 9.17) is 0 Å². The van der Waals surface area contributed by atoms with Gasteiger partial charge < -0.3 is 15.1 Å². The highest BCUT2D eigenvalue weighted by molar-refractivity contribution is 5.55. The minimum atomic E-state index is -0.447. The molecule has 3 atom stereocenters. The zero-order valence-electron chi connectivity index (χ0n) is 10.5. The van der Waals surface area contributed by atoms with Crippen LogP contribution in [0.5, 0.6) is 0 Å². The van der Waals surface area contributed by atoms with Crippen LogP contribution in [0.25, 0.3) is 0 Å². The van der Waals surface area contributed by atoms with Gasteiger partial charge in [-0.15, -0.1) is 0 Å². The Bertz CT molecular complexity index is 376. The zero-order valence-corrected chi connectivity index (χ0v) is 10.5. The summed E-state index contributed by atoms with van der Waals surface area (Å²) in [5.41, 5.74) is 2.07. The molecule has 1 fully saturated rings. The molecule has 2 N–H and O–H groups in total. The second-order valence-corrected chi connectivity index (χ2v) is 4.97. The first-order valence-corrected chi connectivity index (χ1v) is 6.29. The fourth-order valence-electron chi connectivity index (χ4n) is 2.53.